The second-order valence-electron chi connectivity index (χ2n) is 8.00. The van der Waals surface area contributed by atoms with Crippen LogP contribution in [0, 0.1) is 6.92 Å². The van der Waals surface area contributed by atoms with E-state index < -0.39 is 0 Å². The Labute approximate surface area is 168 Å². The Morgan fingerprint density at radius 1 is 0.964 bits per heavy atom. The van der Waals surface area contributed by atoms with Crippen molar-refractivity contribution in [2.75, 3.05) is 19.6 Å². The molecule has 1 aliphatic rings. The molecule has 3 aromatic rings. The molecule has 1 aromatic heterocycles. The minimum absolute atomic E-state index is 0.440. The highest BCUT2D eigenvalue weighted by molar-refractivity contribution is 5.68. The van der Waals surface area contributed by atoms with Crippen LogP contribution in [0.3, 0.4) is 0 Å². The van der Waals surface area contributed by atoms with Gasteiger partial charge in [-0.15, -0.1) is 0 Å². The lowest BCUT2D eigenvalue weighted by Gasteiger charge is -2.17. The molecule has 4 heteroatoms. The standard InChI is InChI=1S/C24H30N4/c1-17(2)22-9-8-21(16-24(22)28-15-11-18(3)27-28)19-4-6-20(7-5-19)23-10-12-25-13-14-26-23/h4-9,11,15-17,23,25-26H,10,12-14H2,1-3H3. The number of aryl methyl sites for hydroxylation is 1. The first-order valence-corrected chi connectivity index (χ1v) is 10.3. The normalized spacial score (nSPS) is 17.6. The van der Waals surface area contributed by atoms with E-state index in [2.05, 4.69) is 84.3 Å². The van der Waals surface area contributed by atoms with Crippen molar-refractivity contribution in [2.24, 2.45) is 0 Å². The third kappa shape index (κ3) is 4.03. The van der Waals surface area contributed by atoms with E-state index in [9.17, 15) is 0 Å². The predicted octanol–water partition coefficient (Wildman–Crippen LogP) is 4.60. The summed E-state index contributed by atoms with van der Waals surface area (Å²) in [6.07, 6.45) is 3.18. The maximum atomic E-state index is 4.65. The maximum absolute atomic E-state index is 4.65. The number of benzene rings is 2. The molecule has 1 unspecified atom stereocenters. The molecule has 4 nitrogen and oxygen atoms in total. The highest BCUT2D eigenvalue weighted by Gasteiger charge is 2.14. The molecule has 1 aliphatic heterocycles. The number of nitrogens with one attached hydrogen (secondary N) is 2. The largest absolute Gasteiger partial charge is 0.315 e. The van der Waals surface area contributed by atoms with Gasteiger partial charge in [0.25, 0.3) is 0 Å². The van der Waals surface area contributed by atoms with Gasteiger partial charge in [0.15, 0.2) is 0 Å². The van der Waals surface area contributed by atoms with Crippen molar-refractivity contribution in [3.63, 3.8) is 0 Å². The monoisotopic (exact) mass is 374 g/mol. The van der Waals surface area contributed by atoms with Crippen molar-refractivity contribution in [3.8, 4) is 16.8 Å². The first kappa shape index (κ1) is 18.9. The first-order valence-electron chi connectivity index (χ1n) is 10.3. The zero-order chi connectivity index (χ0) is 19.5. The fraction of sp³-hybridized carbons (Fsp3) is 0.375. The number of hydrogen-bond donors (Lipinski definition) is 2. The van der Waals surface area contributed by atoms with Crippen LogP contribution in [0.5, 0.6) is 0 Å². The van der Waals surface area contributed by atoms with Crippen molar-refractivity contribution in [1.82, 2.24) is 20.4 Å². The summed E-state index contributed by atoms with van der Waals surface area (Å²) in [5, 5.41) is 11.7. The van der Waals surface area contributed by atoms with Crippen molar-refractivity contribution >= 4 is 0 Å². The summed E-state index contributed by atoms with van der Waals surface area (Å²) in [6.45, 7) is 9.65. The molecule has 146 valence electrons. The van der Waals surface area contributed by atoms with E-state index in [1.165, 1.54) is 27.9 Å². The molecule has 2 aromatic carbocycles. The third-order valence-corrected chi connectivity index (χ3v) is 5.57. The van der Waals surface area contributed by atoms with E-state index >= 15 is 0 Å². The second kappa shape index (κ2) is 8.29. The lowest BCUT2D eigenvalue weighted by Crippen LogP contribution is -2.23. The van der Waals surface area contributed by atoms with Crippen LogP contribution in [-0.2, 0) is 0 Å². The fourth-order valence-electron chi connectivity index (χ4n) is 3.96. The van der Waals surface area contributed by atoms with Gasteiger partial charge in [-0.2, -0.15) is 5.10 Å². The van der Waals surface area contributed by atoms with Gasteiger partial charge >= 0.3 is 0 Å². The molecule has 0 bridgehead atoms. The second-order valence-corrected chi connectivity index (χ2v) is 8.00. The van der Waals surface area contributed by atoms with Gasteiger partial charge in [-0.1, -0.05) is 50.2 Å². The first-order chi connectivity index (χ1) is 13.6. The zero-order valence-electron chi connectivity index (χ0n) is 17.1. The predicted molar refractivity (Wildman–Crippen MR) is 116 cm³/mol. The van der Waals surface area contributed by atoms with Gasteiger partial charge in [0.2, 0.25) is 0 Å². The summed E-state index contributed by atoms with van der Waals surface area (Å²) in [4.78, 5) is 0. The van der Waals surface area contributed by atoms with Gasteiger partial charge in [-0.3, -0.25) is 0 Å². The van der Waals surface area contributed by atoms with Gasteiger partial charge in [0.1, 0.15) is 0 Å². The van der Waals surface area contributed by atoms with Crippen LogP contribution in [0.1, 0.15) is 49.0 Å². The highest BCUT2D eigenvalue weighted by Crippen LogP contribution is 2.30. The minimum Gasteiger partial charge on any atom is -0.315 e. The number of rotatable bonds is 4. The quantitative estimate of drug-likeness (QED) is 0.701. The highest BCUT2D eigenvalue weighted by atomic mass is 15.3. The van der Waals surface area contributed by atoms with E-state index in [1.54, 1.807) is 0 Å². The molecule has 0 aliphatic carbocycles. The summed E-state index contributed by atoms with van der Waals surface area (Å²) in [5.41, 5.74) is 7.37. The molecule has 0 radical (unpaired) electrons. The number of nitrogens with zero attached hydrogens (tertiary/aromatic N) is 2. The van der Waals surface area contributed by atoms with Crippen molar-refractivity contribution < 1.29 is 0 Å². The van der Waals surface area contributed by atoms with E-state index in [0.717, 1.165) is 31.7 Å². The van der Waals surface area contributed by atoms with Crippen LogP contribution in [0.25, 0.3) is 16.8 Å². The Morgan fingerprint density at radius 3 is 2.46 bits per heavy atom. The van der Waals surface area contributed by atoms with Gasteiger partial charge in [-0.05, 0) is 60.2 Å². The van der Waals surface area contributed by atoms with Crippen molar-refractivity contribution in [2.45, 2.75) is 39.2 Å². The van der Waals surface area contributed by atoms with Gasteiger partial charge in [-0.25, -0.2) is 4.68 Å². The molecule has 1 fully saturated rings. The number of hydrogen-bond acceptors (Lipinski definition) is 3. The molecule has 0 saturated carbocycles. The van der Waals surface area contributed by atoms with Crippen LogP contribution < -0.4 is 10.6 Å². The molecule has 4 rings (SSSR count). The topological polar surface area (TPSA) is 41.9 Å². The van der Waals surface area contributed by atoms with Crippen LogP contribution in [0.15, 0.2) is 54.7 Å². The van der Waals surface area contributed by atoms with E-state index in [1.807, 2.05) is 11.6 Å². The lowest BCUT2D eigenvalue weighted by atomic mass is 9.95. The van der Waals surface area contributed by atoms with Crippen LogP contribution >= 0.6 is 0 Å². The summed E-state index contributed by atoms with van der Waals surface area (Å²) in [7, 11) is 0. The zero-order valence-corrected chi connectivity index (χ0v) is 17.1. The Bertz CT molecular complexity index is 916. The molecule has 0 amide bonds. The SMILES string of the molecule is Cc1ccn(-c2cc(-c3ccc(C4CCNCCN4)cc3)ccc2C(C)C)n1. The number of aromatic nitrogens is 2. The lowest BCUT2D eigenvalue weighted by molar-refractivity contribution is 0.549. The Morgan fingerprint density at radius 2 is 1.75 bits per heavy atom. The van der Waals surface area contributed by atoms with E-state index in [-0.39, 0.29) is 0 Å². The van der Waals surface area contributed by atoms with Gasteiger partial charge < -0.3 is 10.6 Å². The summed E-state index contributed by atoms with van der Waals surface area (Å²) < 4.78 is 2.00. The van der Waals surface area contributed by atoms with E-state index in [0.29, 0.717) is 12.0 Å². The van der Waals surface area contributed by atoms with Crippen molar-refractivity contribution in [3.05, 3.63) is 71.5 Å². The molecule has 1 saturated heterocycles. The minimum atomic E-state index is 0.440. The van der Waals surface area contributed by atoms with Gasteiger partial charge in [0, 0.05) is 25.3 Å². The molecule has 2 N–H and O–H groups in total. The summed E-state index contributed by atoms with van der Waals surface area (Å²) >= 11 is 0. The molecule has 0 spiro atoms. The molecule has 2 heterocycles. The molecule has 1 atom stereocenters. The molecular weight excluding hydrogens is 344 g/mol. The van der Waals surface area contributed by atoms with Crippen molar-refractivity contribution in [1.29, 1.82) is 0 Å². The Balaban J connectivity index is 1.65. The van der Waals surface area contributed by atoms with Crippen LogP contribution in [0.2, 0.25) is 0 Å². The fourth-order valence-corrected chi connectivity index (χ4v) is 3.96. The molecular formula is C24H30N4. The smallest absolute Gasteiger partial charge is 0.0686 e. The van der Waals surface area contributed by atoms with Crippen LogP contribution in [0.4, 0.5) is 0 Å². The van der Waals surface area contributed by atoms with Crippen LogP contribution in [-0.4, -0.2) is 29.4 Å². The summed E-state index contributed by atoms with van der Waals surface area (Å²) in [5.74, 6) is 0.450. The maximum Gasteiger partial charge on any atom is 0.0686 e. The Hall–Kier alpha value is -2.43. The average molecular weight is 375 g/mol. The third-order valence-electron chi connectivity index (χ3n) is 5.57. The molecule has 28 heavy (non-hydrogen) atoms. The van der Waals surface area contributed by atoms with Gasteiger partial charge in [0.05, 0.1) is 11.4 Å². The Kier molecular flexibility index (Phi) is 5.60. The average Bonchev–Trinajstić information content (AvgIpc) is 2.97. The summed E-state index contributed by atoms with van der Waals surface area (Å²) in [6, 6.07) is 18.3. The van der Waals surface area contributed by atoms with E-state index in [4.69, 9.17) is 0 Å².